The lowest BCUT2D eigenvalue weighted by Gasteiger charge is -2.19. The number of guanidine groups is 1. The van der Waals surface area contributed by atoms with Gasteiger partial charge in [-0.2, -0.15) is 0 Å². The second-order valence-corrected chi connectivity index (χ2v) is 7.29. The monoisotopic (exact) mass is 376 g/mol. The molecule has 1 aliphatic carbocycles. The molecule has 5 heteroatoms. The van der Waals surface area contributed by atoms with Crippen LogP contribution in [0.4, 0.5) is 4.39 Å². The molecule has 1 fully saturated rings. The second kappa shape index (κ2) is 7.97. The molecular weight excluding hydrogens is 351 g/mol. The van der Waals surface area contributed by atoms with Crippen LogP contribution >= 0.6 is 0 Å². The number of rotatable bonds is 6. The molecule has 4 nitrogen and oxygen atoms in total. The van der Waals surface area contributed by atoms with Crippen molar-refractivity contribution in [3.05, 3.63) is 77.9 Å². The standard InChI is InChI=1S/C23H25FN4/c1-2-25-22(27-15-21-18-8-4-3-7-17(18)11-14-26-21)28-16-23(12-13-23)19-9-5-6-10-20(19)24/h3-11,14H,2,12-13,15-16H2,1H3,(H2,25,27,28). The highest BCUT2D eigenvalue weighted by Crippen LogP contribution is 2.48. The van der Waals surface area contributed by atoms with E-state index in [9.17, 15) is 4.39 Å². The van der Waals surface area contributed by atoms with Gasteiger partial charge in [-0.1, -0.05) is 42.5 Å². The number of pyridine rings is 1. The zero-order chi connectivity index (χ0) is 19.4. The van der Waals surface area contributed by atoms with Gasteiger partial charge in [-0.25, -0.2) is 9.38 Å². The van der Waals surface area contributed by atoms with Crippen molar-refractivity contribution in [2.75, 3.05) is 13.1 Å². The van der Waals surface area contributed by atoms with E-state index in [0.29, 0.717) is 13.1 Å². The topological polar surface area (TPSA) is 49.3 Å². The smallest absolute Gasteiger partial charge is 0.191 e. The van der Waals surface area contributed by atoms with E-state index in [1.807, 2.05) is 43.5 Å². The summed E-state index contributed by atoms with van der Waals surface area (Å²) in [7, 11) is 0. The molecule has 0 atom stereocenters. The van der Waals surface area contributed by atoms with Gasteiger partial charge in [0.1, 0.15) is 5.82 Å². The molecule has 1 heterocycles. The molecule has 3 aromatic rings. The molecule has 4 rings (SSSR count). The highest BCUT2D eigenvalue weighted by molar-refractivity contribution is 5.85. The van der Waals surface area contributed by atoms with E-state index >= 15 is 0 Å². The van der Waals surface area contributed by atoms with Crippen LogP contribution in [0.1, 0.15) is 31.0 Å². The highest BCUT2D eigenvalue weighted by Gasteiger charge is 2.45. The number of nitrogens with zero attached hydrogens (tertiary/aromatic N) is 2. The molecule has 0 saturated heterocycles. The van der Waals surface area contributed by atoms with Crippen LogP contribution in [0.3, 0.4) is 0 Å². The Hall–Kier alpha value is -2.95. The molecule has 0 unspecified atom stereocenters. The third-order valence-electron chi connectivity index (χ3n) is 5.38. The Kier molecular flexibility index (Phi) is 5.24. The van der Waals surface area contributed by atoms with Gasteiger partial charge in [0, 0.05) is 30.1 Å². The summed E-state index contributed by atoms with van der Waals surface area (Å²) < 4.78 is 14.2. The first-order valence-corrected chi connectivity index (χ1v) is 9.82. The minimum Gasteiger partial charge on any atom is -0.357 e. The number of nitrogens with one attached hydrogen (secondary N) is 2. The maximum Gasteiger partial charge on any atom is 0.191 e. The first-order valence-electron chi connectivity index (χ1n) is 9.82. The van der Waals surface area contributed by atoms with Crippen molar-refractivity contribution in [2.45, 2.75) is 31.7 Å². The molecule has 0 aliphatic heterocycles. The van der Waals surface area contributed by atoms with Crippen LogP contribution in [-0.2, 0) is 12.0 Å². The molecule has 0 amide bonds. The van der Waals surface area contributed by atoms with Gasteiger partial charge >= 0.3 is 0 Å². The Morgan fingerprint density at radius 1 is 1.07 bits per heavy atom. The lowest BCUT2D eigenvalue weighted by atomic mass is 9.95. The zero-order valence-electron chi connectivity index (χ0n) is 16.1. The van der Waals surface area contributed by atoms with Crippen LogP contribution in [0.5, 0.6) is 0 Å². The van der Waals surface area contributed by atoms with E-state index in [1.54, 1.807) is 12.1 Å². The van der Waals surface area contributed by atoms with E-state index in [2.05, 4.69) is 27.8 Å². The maximum absolute atomic E-state index is 14.2. The predicted octanol–water partition coefficient (Wildman–Crippen LogP) is 4.16. The molecule has 28 heavy (non-hydrogen) atoms. The molecule has 0 spiro atoms. The van der Waals surface area contributed by atoms with Crippen molar-refractivity contribution in [1.29, 1.82) is 0 Å². The number of hydrogen-bond donors (Lipinski definition) is 2. The lowest BCUT2D eigenvalue weighted by molar-refractivity contribution is 0.559. The Morgan fingerprint density at radius 2 is 1.86 bits per heavy atom. The van der Waals surface area contributed by atoms with Crippen LogP contribution in [-0.4, -0.2) is 24.0 Å². The molecule has 1 aliphatic rings. The van der Waals surface area contributed by atoms with Crippen LogP contribution in [0, 0.1) is 5.82 Å². The summed E-state index contributed by atoms with van der Waals surface area (Å²) >= 11 is 0. The first kappa shape index (κ1) is 18.4. The van der Waals surface area contributed by atoms with Gasteiger partial charge in [-0.05, 0) is 42.8 Å². The molecule has 2 aromatic carbocycles. The van der Waals surface area contributed by atoms with E-state index in [1.165, 1.54) is 0 Å². The SMILES string of the molecule is CCNC(=NCc1nccc2ccccc12)NCC1(c2ccccc2F)CC1. The fourth-order valence-electron chi connectivity index (χ4n) is 3.64. The summed E-state index contributed by atoms with van der Waals surface area (Å²) in [5.41, 5.74) is 1.62. The van der Waals surface area contributed by atoms with Gasteiger partial charge in [-0.15, -0.1) is 0 Å². The minimum absolute atomic E-state index is 0.122. The minimum atomic E-state index is -0.126. The summed E-state index contributed by atoms with van der Waals surface area (Å²) in [5, 5.41) is 8.98. The van der Waals surface area contributed by atoms with Gasteiger partial charge < -0.3 is 10.6 Å². The largest absolute Gasteiger partial charge is 0.357 e. The van der Waals surface area contributed by atoms with E-state index < -0.39 is 0 Å². The van der Waals surface area contributed by atoms with E-state index in [0.717, 1.165) is 47.4 Å². The number of benzene rings is 2. The number of aromatic nitrogens is 1. The van der Waals surface area contributed by atoms with Gasteiger partial charge in [0.05, 0.1) is 12.2 Å². The van der Waals surface area contributed by atoms with Crippen molar-refractivity contribution < 1.29 is 4.39 Å². The van der Waals surface area contributed by atoms with Crippen molar-refractivity contribution in [3.63, 3.8) is 0 Å². The second-order valence-electron chi connectivity index (χ2n) is 7.29. The van der Waals surface area contributed by atoms with Crippen LogP contribution < -0.4 is 10.6 Å². The van der Waals surface area contributed by atoms with Crippen molar-refractivity contribution in [2.24, 2.45) is 4.99 Å². The highest BCUT2D eigenvalue weighted by atomic mass is 19.1. The number of fused-ring (bicyclic) bond motifs is 1. The third kappa shape index (κ3) is 3.84. The maximum atomic E-state index is 14.2. The Bertz CT molecular complexity index is 989. The van der Waals surface area contributed by atoms with Crippen LogP contribution in [0.15, 0.2) is 65.8 Å². The molecule has 144 valence electrons. The Labute approximate surface area is 164 Å². The fraction of sp³-hybridized carbons (Fsp3) is 0.304. The molecule has 0 radical (unpaired) electrons. The number of aliphatic imine (C=N–C) groups is 1. The lowest BCUT2D eigenvalue weighted by Crippen LogP contribution is -2.41. The summed E-state index contributed by atoms with van der Waals surface area (Å²) in [4.78, 5) is 9.23. The Morgan fingerprint density at radius 3 is 2.64 bits per heavy atom. The summed E-state index contributed by atoms with van der Waals surface area (Å²) in [6.07, 6.45) is 3.81. The van der Waals surface area contributed by atoms with Crippen molar-refractivity contribution >= 4 is 16.7 Å². The van der Waals surface area contributed by atoms with Gasteiger partial charge in [0.25, 0.3) is 0 Å². The summed E-state index contributed by atoms with van der Waals surface area (Å²) in [6.45, 7) is 3.96. The van der Waals surface area contributed by atoms with E-state index in [-0.39, 0.29) is 11.2 Å². The normalized spacial score (nSPS) is 15.4. The molecular formula is C23H25FN4. The van der Waals surface area contributed by atoms with Crippen molar-refractivity contribution in [3.8, 4) is 0 Å². The molecule has 1 aromatic heterocycles. The quantitative estimate of drug-likeness (QED) is 0.502. The summed E-state index contributed by atoms with van der Waals surface area (Å²) in [5.74, 6) is 0.614. The predicted molar refractivity (Wildman–Crippen MR) is 112 cm³/mol. The average molecular weight is 376 g/mol. The third-order valence-corrected chi connectivity index (χ3v) is 5.38. The van der Waals surface area contributed by atoms with Gasteiger partial charge in [0.15, 0.2) is 5.96 Å². The van der Waals surface area contributed by atoms with Crippen molar-refractivity contribution in [1.82, 2.24) is 15.6 Å². The first-order chi connectivity index (χ1) is 13.7. The van der Waals surface area contributed by atoms with E-state index in [4.69, 9.17) is 4.99 Å². The van der Waals surface area contributed by atoms with Gasteiger partial charge in [0.2, 0.25) is 0 Å². The number of hydrogen-bond acceptors (Lipinski definition) is 2. The van der Waals surface area contributed by atoms with Gasteiger partial charge in [-0.3, -0.25) is 4.98 Å². The van der Waals surface area contributed by atoms with Crippen LogP contribution in [0.2, 0.25) is 0 Å². The fourth-order valence-corrected chi connectivity index (χ4v) is 3.64. The van der Waals surface area contributed by atoms with Crippen LogP contribution in [0.25, 0.3) is 10.8 Å². The molecule has 1 saturated carbocycles. The molecule has 0 bridgehead atoms. The zero-order valence-corrected chi connectivity index (χ0v) is 16.1. The number of halogens is 1. The Balaban J connectivity index is 1.49. The summed E-state index contributed by atoms with van der Waals surface area (Å²) in [6, 6.07) is 17.3. The molecule has 2 N–H and O–H groups in total. The average Bonchev–Trinajstić information content (AvgIpc) is 3.51.